The summed E-state index contributed by atoms with van der Waals surface area (Å²) in [5, 5.41) is 0. The van der Waals surface area contributed by atoms with Gasteiger partial charge in [0.2, 0.25) is 0 Å². The summed E-state index contributed by atoms with van der Waals surface area (Å²) in [4.78, 5) is 0. The van der Waals surface area contributed by atoms with E-state index in [9.17, 15) is 4.39 Å². The van der Waals surface area contributed by atoms with Crippen LogP contribution in [0.3, 0.4) is 0 Å². The smallest absolute Gasteiger partial charge is 0.125 e. The van der Waals surface area contributed by atoms with Crippen LogP contribution < -0.4 is 4.34 Å². The molecule has 1 rings (SSSR count). The van der Waals surface area contributed by atoms with Crippen LogP contribution in [-0.4, -0.2) is 0 Å². The number of benzene rings is 1. The number of rotatable bonds is 1. The molecule has 0 aliphatic heterocycles. The van der Waals surface area contributed by atoms with E-state index < -0.39 is 0 Å². The number of anilines is 1. The molecule has 0 aromatic heterocycles. The molecule has 1 aromatic rings. The van der Waals surface area contributed by atoms with Gasteiger partial charge in [0.05, 0.1) is 0 Å². The van der Waals surface area contributed by atoms with Gasteiger partial charge in [0, 0.05) is 21.8 Å². The molecule has 0 heterocycles. The first-order valence-corrected chi connectivity index (χ1v) is 3.66. The largest absolute Gasteiger partial charge is 0.322 e. The normalized spacial score (nSPS) is 9.50. The Morgan fingerprint density at radius 3 is 2.70 bits per heavy atom. The summed E-state index contributed by atoms with van der Waals surface area (Å²) >= 11 is 3.03. The average molecular weight is 204 g/mol. The molecule has 0 spiro atoms. The van der Waals surface area contributed by atoms with Gasteiger partial charge in [0.15, 0.2) is 0 Å². The van der Waals surface area contributed by atoms with Crippen molar-refractivity contribution < 1.29 is 4.39 Å². The van der Waals surface area contributed by atoms with E-state index in [1.165, 1.54) is 12.1 Å². The average Bonchev–Trinajstić information content (AvgIpc) is 1.94. The van der Waals surface area contributed by atoms with Crippen LogP contribution in [0.5, 0.6) is 0 Å². The molecule has 0 saturated carbocycles. The third-order valence-electron chi connectivity index (χ3n) is 1.30. The molecule has 1 N–H and O–H groups in total. The Kier molecular flexibility index (Phi) is 2.27. The van der Waals surface area contributed by atoms with E-state index in [0.29, 0.717) is 0 Å². The maximum absolute atomic E-state index is 12.5. The second kappa shape index (κ2) is 3.01. The predicted molar refractivity (Wildman–Crippen MR) is 43.7 cm³/mol. The Balaban J connectivity index is 3.09. The first kappa shape index (κ1) is 7.54. The van der Waals surface area contributed by atoms with Gasteiger partial charge >= 0.3 is 0 Å². The Morgan fingerprint density at radius 2 is 2.20 bits per heavy atom. The molecule has 0 radical (unpaired) electrons. The van der Waals surface area contributed by atoms with Gasteiger partial charge in [-0.25, -0.2) is 4.39 Å². The van der Waals surface area contributed by atoms with Crippen LogP contribution >= 0.6 is 16.1 Å². The number of hydrogen-bond acceptors (Lipinski definition) is 1. The molecule has 0 atom stereocenters. The zero-order valence-electron chi connectivity index (χ0n) is 5.49. The Bertz CT molecular complexity index is 237. The fourth-order valence-corrected chi connectivity index (χ4v) is 1.12. The predicted octanol–water partition coefficient (Wildman–Crippen LogP) is 2.86. The number of aryl methyl sites for hydroxylation is 1. The molecule has 1 aromatic carbocycles. The molecule has 0 fully saturated rings. The van der Waals surface area contributed by atoms with Gasteiger partial charge in [0.1, 0.15) is 5.82 Å². The highest BCUT2D eigenvalue weighted by molar-refractivity contribution is 9.10. The van der Waals surface area contributed by atoms with Crippen molar-refractivity contribution in [2.75, 3.05) is 4.34 Å². The van der Waals surface area contributed by atoms with Crippen LogP contribution in [0.2, 0.25) is 0 Å². The van der Waals surface area contributed by atoms with Gasteiger partial charge in [-0.05, 0) is 24.6 Å². The highest BCUT2D eigenvalue weighted by Gasteiger charge is 1.96. The number of hydrogen-bond donors (Lipinski definition) is 1. The van der Waals surface area contributed by atoms with Crippen LogP contribution in [0.15, 0.2) is 18.2 Å². The highest BCUT2D eigenvalue weighted by atomic mass is 79.9. The maximum Gasteiger partial charge on any atom is 0.125 e. The molecule has 0 bridgehead atoms. The molecular formula is C7H7BrFN. The second-order valence-corrected chi connectivity index (χ2v) is 2.45. The third kappa shape index (κ3) is 1.48. The van der Waals surface area contributed by atoms with Crippen LogP contribution in [-0.2, 0) is 0 Å². The van der Waals surface area contributed by atoms with E-state index in [0.717, 1.165) is 11.3 Å². The fraction of sp³-hybridized carbons (Fsp3) is 0.143. The van der Waals surface area contributed by atoms with E-state index in [-0.39, 0.29) is 5.82 Å². The van der Waals surface area contributed by atoms with Gasteiger partial charge in [-0.2, -0.15) is 0 Å². The zero-order valence-corrected chi connectivity index (χ0v) is 7.07. The summed E-state index contributed by atoms with van der Waals surface area (Å²) in [6, 6.07) is 4.59. The van der Waals surface area contributed by atoms with Crippen LogP contribution in [0.1, 0.15) is 5.56 Å². The lowest BCUT2D eigenvalue weighted by Gasteiger charge is -2.01. The first-order valence-electron chi connectivity index (χ1n) is 2.87. The minimum atomic E-state index is -0.229. The lowest BCUT2D eigenvalue weighted by Crippen LogP contribution is -1.85. The van der Waals surface area contributed by atoms with Gasteiger partial charge in [-0.3, -0.25) is 0 Å². The second-order valence-electron chi connectivity index (χ2n) is 2.05. The molecule has 3 heteroatoms. The van der Waals surface area contributed by atoms with Crippen LogP contribution in [0.25, 0.3) is 0 Å². The SMILES string of the molecule is Cc1ccc(F)cc1NBr. The minimum absolute atomic E-state index is 0.229. The molecule has 0 aliphatic carbocycles. The van der Waals surface area contributed by atoms with Crippen molar-refractivity contribution in [1.29, 1.82) is 0 Å². The van der Waals surface area contributed by atoms with E-state index in [1.54, 1.807) is 6.07 Å². The van der Waals surface area contributed by atoms with Crippen molar-refractivity contribution in [2.24, 2.45) is 0 Å². The van der Waals surface area contributed by atoms with Crippen molar-refractivity contribution in [2.45, 2.75) is 6.92 Å². The van der Waals surface area contributed by atoms with Crippen LogP contribution in [0, 0.1) is 12.7 Å². The van der Waals surface area contributed by atoms with Gasteiger partial charge in [-0.15, -0.1) is 0 Å². The van der Waals surface area contributed by atoms with E-state index in [2.05, 4.69) is 20.5 Å². The van der Waals surface area contributed by atoms with Gasteiger partial charge < -0.3 is 4.34 Å². The van der Waals surface area contributed by atoms with E-state index in [4.69, 9.17) is 0 Å². The Morgan fingerprint density at radius 1 is 1.50 bits per heavy atom. The van der Waals surface area contributed by atoms with Gasteiger partial charge in [0.25, 0.3) is 0 Å². The topological polar surface area (TPSA) is 12.0 Å². The van der Waals surface area contributed by atoms with Gasteiger partial charge in [-0.1, -0.05) is 6.07 Å². The summed E-state index contributed by atoms with van der Waals surface area (Å²) in [5.74, 6) is -0.229. The molecule has 54 valence electrons. The first-order chi connectivity index (χ1) is 4.74. The van der Waals surface area contributed by atoms with Crippen LogP contribution in [0.4, 0.5) is 10.1 Å². The van der Waals surface area contributed by atoms with E-state index in [1.807, 2.05) is 6.92 Å². The quantitative estimate of drug-likeness (QED) is 0.693. The van der Waals surface area contributed by atoms with Crippen molar-refractivity contribution >= 4 is 21.8 Å². The lowest BCUT2D eigenvalue weighted by molar-refractivity contribution is 0.628. The minimum Gasteiger partial charge on any atom is -0.322 e. The summed E-state index contributed by atoms with van der Waals surface area (Å²) < 4.78 is 15.2. The maximum atomic E-state index is 12.5. The van der Waals surface area contributed by atoms with Crippen molar-refractivity contribution in [3.63, 3.8) is 0 Å². The molecule has 0 unspecified atom stereocenters. The molecule has 1 nitrogen and oxygen atoms in total. The summed E-state index contributed by atoms with van der Waals surface area (Å²) in [6.07, 6.45) is 0. The van der Waals surface area contributed by atoms with Crippen molar-refractivity contribution in [3.05, 3.63) is 29.6 Å². The fourth-order valence-electron chi connectivity index (χ4n) is 0.696. The summed E-state index contributed by atoms with van der Waals surface area (Å²) in [5.41, 5.74) is 1.78. The number of halogens is 2. The highest BCUT2D eigenvalue weighted by Crippen LogP contribution is 2.16. The van der Waals surface area contributed by atoms with Crippen molar-refractivity contribution in [3.8, 4) is 0 Å². The Labute approximate surface area is 67.6 Å². The zero-order chi connectivity index (χ0) is 7.56. The van der Waals surface area contributed by atoms with E-state index >= 15 is 0 Å². The number of nitrogens with one attached hydrogen (secondary N) is 1. The standard InChI is InChI=1S/C7H7BrFN/c1-5-2-3-6(9)4-7(5)10-8/h2-4,10H,1H3. The Hall–Kier alpha value is -0.570. The summed E-state index contributed by atoms with van der Waals surface area (Å²) in [6.45, 7) is 1.91. The molecule has 10 heavy (non-hydrogen) atoms. The lowest BCUT2D eigenvalue weighted by atomic mass is 10.2. The molecular weight excluding hydrogens is 197 g/mol. The molecule has 0 saturated heterocycles. The molecule has 0 aliphatic rings. The third-order valence-corrected chi connectivity index (χ3v) is 1.73. The summed E-state index contributed by atoms with van der Waals surface area (Å²) in [7, 11) is 0. The van der Waals surface area contributed by atoms with Crippen molar-refractivity contribution in [1.82, 2.24) is 0 Å². The monoisotopic (exact) mass is 203 g/mol. The molecule has 0 amide bonds.